The lowest BCUT2D eigenvalue weighted by Crippen LogP contribution is -1.95. The number of aryl methyl sites for hydroxylation is 1. The topological polar surface area (TPSA) is 9.23 Å². The molecule has 1 nitrogen and oxygen atoms in total. The molecule has 0 aromatic heterocycles. The van der Waals surface area contributed by atoms with Crippen LogP contribution in [0.3, 0.4) is 0 Å². The molecule has 1 aromatic carbocycles. The highest BCUT2D eigenvalue weighted by Gasteiger charge is 2.06. The van der Waals surface area contributed by atoms with Gasteiger partial charge in [-0.1, -0.05) is 28.1 Å². The molecule has 66 valence electrons. The maximum absolute atomic E-state index is 13.0. The van der Waals surface area contributed by atoms with Crippen LogP contribution in [0.15, 0.2) is 18.2 Å². The van der Waals surface area contributed by atoms with Crippen LogP contribution in [-0.4, -0.2) is 12.4 Å². The van der Waals surface area contributed by atoms with Crippen LogP contribution < -0.4 is 4.74 Å². The van der Waals surface area contributed by atoms with Gasteiger partial charge in [0.2, 0.25) is 0 Å². The van der Waals surface area contributed by atoms with Gasteiger partial charge in [-0.25, -0.2) is 4.39 Å². The van der Waals surface area contributed by atoms with E-state index in [1.807, 2.05) is 6.07 Å². The molecular weight excluding hydrogens is 223 g/mol. The second-order valence-electron chi connectivity index (χ2n) is 2.37. The Morgan fingerprint density at radius 1 is 1.50 bits per heavy atom. The molecule has 0 atom stereocenters. The highest BCUT2D eigenvalue weighted by atomic mass is 79.9. The molecule has 0 saturated carbocycles. The zero-order valence-corrected chi connectivity index (χ0v) is 8.40. The predicted molar refractivity (Wildman–Crippen MR) is 50.5 cm³/mol. The number of hydrogen-bond donors (Lipinski definition) is 0. The van der Waals surface area contributed by atoms with Crippen molar-refractivity contribution in [3.63, 3.8) is 0 Å². The van der Waals surface area contributed by atoms with Crippen LogP contribution >= 0.6 is 15.9 Å². The van der Waals surface area contributed by atoms with Crippen LogP contribution in [0.25, 0.3) is 0 Å². The number of benzene rings is 1. The van der Waals surface area contributed by atoms with Gasteiger partial charge in [0.05, 0.1) is 7.11 Å². The summed E-state index contributed by atoms with van der Waals surface area (Å²) in [4.78, 5) is 0. The number of halogens is 2. The fourth-order valence-electron chi connectivity index (χ4n) is 1.08. The normalized spacial score (nSPS) is 9.92. The van der Waals surface area contributed by atoms with Gasteiger partial charge in [-0.3, -0.25) is 0 Å². The second-order valence-corrected chi connectivity index (χ2v) is 3.16. The summed E-state index contributed by atoms with van der Waals surface area (Å²) in [5, 5.41) is 0.812. The molecule has 12 heavy (non-hydrogen) atoms. The molecule has 1 aromatic rings. The van der Waals surface area contributed by atoms with Gasteiger partial charge in [-0.15, -0.1) is 0 Å². The molecule has 0 radical (unpaired) electrons. The van der Waals surface area contributed by atoms with E-state index in [4.69, 9.17) is 4.74 Å². The summed E-state index contributed by atoms with van der Waals surface area (Å²) in [6.07, 6.45) is 0.779. The molecule has 0 amide bonds. The third-order valence-corrected chi connectivity index (χ3v) is 2.01. The zero-order valence-electron chi connectivity index (χ0n) is 6.81. The highest BCUT2D eigenvalue weighted by molar-refractivity contribution is 9.09. The van der Waals surface area contributed by atoms with Crippen LogP contribution in [0.4, 0.5) is 4.39 Å². The van der Waals surface area contributed by atoms with E-state index in [-0.39, 0.29) is 5.82 Å². The van der Waals surface area contributed by atoms with Crippen molar-refractivity contribution in [2.75, 3.05) is 12.4 Å². The van der Waals surface area contributed by atoms with Crippen molar-refractivity contribution in [2.45, 2.75) is 6.42 Å². The first-order valence-corrected chi connectivity index (χ1v) is 4.79. The van der Waals surface area contributed by atoms with Gasteiger partial charge in [0.15, 0.2) is 11.6 Å². The van der Waals surface area contributed by atoms with Crippen molar-refractivity contribution in [2.24, 2.45) is 0 Å². The quantitative estimate of drug-likeness (QED) is 0.729. The first kappa shape index (κ1) is 9.52. The van der Waals surface area contributed by atoms with E-state index in [1.54, 1.807) is 6.07 Å². The maximum Gasteiger partial charge on any atom is 0.165 e. The molecular formula is C9H10BrFO. The molecule has 0 aliphatic rings. The highest BCUT2D eigenvalue weighted by Crippen LogP contribution is 2.22. The van der Waals surface area contributed by atoms with Gasteiger partial charge in [0.25, 0.3) is 0 Å². The van der Waals surface area contributed by atoms with E-state index in [0.29, 0.717) is 5.75 Å². The SMILES string of the molecule is COc1c(F)cccc1CCBr. The molecule has 0 heterocycles. The van der Waals surface area contributed by atoms with Gasteiger partial charge >= 0.3 is 0 Å². The van der Waals surface area contributed by atoms with Crippen LogP contribution in [0.1, 0.15) is 5.56 Å². The molecule has 0 aliphatic heterocycles. The number of alkyl halides is 1. The smallest absolute Gasteiger partial charge is 0.165 e. The van der Waals surface area contributed by atoms with Gasteiger partial charge in [-0.2, -0.15) is 0 Å². The molecule has 0 unspecified atom stereocenters. The van der Waals surface area contributed by atoms with E-state index in [0.717, 1.165) is 17.3 Å². The van der Waals surface area contributed by atoms with Crippen molar-refractivity contribution < 1.29 is 9.13 Å². The largest absolute Gasteiger partial charge is 0.493 e. The Hall–Kier alpha value is -0.570. The summed E-state index contributed by atoms with van der Waals surface area (Å²) < 4.78 is 18.0. The van der Waals surface area contributed by atoms with E-state index < -0.39 is 0 Å². The van der Waals surface area contributed by atoms with Crippen molar-refractivity contribution >= 4 is 15.9 Å². The predicted octanol–water partition coefficient (Wildman–Crippen LogP) is 2.77. The Morgan fingerprint density at radius 3 is 2.83 bits per heavy atom. The Morgan fingerprint density at radius 2 is 2.25 bits per heavy atom. The second kappa shape index (κ2) is 4.45. The molecule has 0 N–H and O–H groups in total. The minimum absolute atomic E-state index is 0.295. The number of para-hydroxylation sites is 1. The summed E-state index contributed by atoms with van der Waals surface area (Å²) in [6.45, 7) is 0. The number of methoxy groups -OCH3 is 1. The van der Waals surface area contributed by atoms with Crippen molar-refractivity contribution in [1.29, 1.82) is 0 Å². The number of ether oxygens (including phenoxy) is 1. The lowest BCUT2D eigenvalue weighted by atomic mass is 10.1. The third-order valence-electron chi connectivity index (χ3n) is 1.62. The van der Waals surface area contributed by atoms with Crippen LogP contribution in [0.5, 0.6) is 5.75 Å². The molecule has 0 spiro atoms. The fourth-order valence-corrected chi connectivity index (χ4v) is 1.51. The van der Waals surface area contributed by atoms with Gasteiger partial charge in [0, 0.05) is 5.33 Å². The monoisotopic (exact) mass is 232 g/mol. The molecule has 0 fully saturated rings. The van der Waals surface area contributed by atoms with Crippen LogP contribution in [-0.2, 0) is 6.42 Å². The summed E-state index contributed by atoms with van der Waals surface area (Å²) in [5.74, 6) is 0.0629. The van der Waals surface area contributed by atoms with Crippen molar-refractivity contribution in [3.8, 4) is 5.75 Å². The third kappa shape index (κ3) is 1.97. The maximum atomic E-state index is 13.0. The van der Waals surface area contributed by atoms with Crippen LogP contribution in [0, 0.1) is 5.82 Å². The molecule has 0 bridgehead atoms. The zero-order chi connectivity index (χ0) is 8.97. The lowest BCUT2D eigenvalue weighted by molar-refractivity contribution is 0.382. The summed E-state index contributed by atoms with van der Waals surface area (Å²) >= 11 is 3.30. The Bertz CT molecular complexity index is 263. The Labute approximate surface area is 79.7 Å². The molecule has 1 rings (SSSR count). The van der Waals surface area contributed by atoms with Crippen LogP contribution in [0.2, 0.25) is 0 Å². The Balaban J connectivity index is 3.00. The van der Waals surface area contributed by atoms with Gasteiger partial charge in [-0.05, 0) is 18.1 Å². The van der Waals surface area contributed by atoms with E-state index in [9.17, 15) is 4.39 Å². The molecule has 0 aliphatic carbocycles. The summed E-state index contributed by atoms with van der Waals surface area (Å²) in [5.41, 5.74) is 0.898. The Kier molecular flexibility index (Phi) is 3.53. The van der Waals surface area contributed by atoms with E-state index in [2.05, 4.69) is 15.9 Å². The van der Waals surface area contributed by atoms with Crippen molar-refractivity contribution in [1.82, 2.24) is 0 Å². The average molecular weight is 233 g/mol. The number of hydrogen-bond acceptors (Lipinski definition) is 1. The van der Waals surface area contributed by atoms with Gasteiger partial charge < -0.3 is 4.74 Å². The lowest BCUT2D eigenvalue weighted by Gasteiger charge is -2.06. The average Bonchev–Trinajstić information content (AvgIpc) is 2.05. The standard InChI is InChI=1S/C9H10BrFO/c1-12-9-7(5-6-10)3-2-4-8(9)11/h2-4H,5-6H2,1H3. The molecule has 0 saturated heterocycles. The van der Waals surface area contributed by atoms with E-state index in [1.165, 1.54) is 13.2 Å². The first-order chi connectivity index (χ1) is 5.79. The van der Waals surface area contributed by atoms with E-state index >= 15 is 0 Å². The molecule has 3 heteroatoms. The summed E-state index contributed by atoms with van der Waals surface area (Å²) in [6, 6.07) is 4.95. The fraction of sp³-hybridized carbons (Fsp3) is 0.333. The number of rotatable bonds is 3. The summed E-state index contributed by atoms with van der Waals surface area (Å²) in [7, 11) is 1.48. The minimum Gasteiger partial charge on any atom is -0.493 e. The van der Waals surface area contributed by atoms with Crippen molar-refractivity contribution in [3.05, 3.63) is 29.6 Å². The first-order valence-electron chi connectivity index (χ1n) is 3.67. The van der Waals surface area contributed by atoms with Gasteiger partial charge in [0.1, 0.15) is 0 Å². The minimum atomic E-state index is -0.295.